The van der Waals surface area contributed by atoms with Crippen molar-refractivity contribution in [1.29, 1.82) is 0 Å². The largest absolute Gasteiger partial charge is 0.383 e. The van der Waals surface area contributed by atoms with Crippen molar-refractivity contribution >= 4 is 17.5 Å². The zero-order valence-corrected chi connectivity index (χ0v) is 10.2. The lowest BCUT2D eigenvalue weighted by molar-refractivity contribution is 0.0627. The average Bonchev–Trinajstić information content (AvgIpc) is 2.28. The number of carbonyl (C=O) groups excluding carboxylic acids is 1. The summed E-state index contributed by atoms with van der Waals surface area (Å²) in [4.78, 5) is 13.5. The first kappa shape index (κ1) is 12.9. The van der Waals surface area contributed by atoms with Crippen molar-refractivity contribution < 1.29 is 9.53 Å². The second-order valence-corrected chi connectivity index (χ2v) is 3.85. The molecule has 88 valence electrons. The Morgan fingerprint density at radius 3 is 2.75 bits per heavy atom. The Morgan fingerprint density at radius 2 is 2.25 bits per heavy atom. The highest BCUT2D eigenvalue weighted by atomic mass is 35.5. The van der Waals surface area contributed by atoms with Gasteiger partial charge in [-0.25, -0.2) is 0 Å². The third-order valence-corrected chi connectivity index (χ3v) is 2.44. The van der Waals surface area contributed by atoms with E-state index in [-0.39, 0.29) is 22.8 Å². The van der Waals surface area contributed by atoms with E-state index in [0.717, 1.165) is 0 Å². The number of methoxy groups -OCH3 is 1. The lowest BCUT2D eigenvalue weighted by Crippen LogP contribution is -2.38. The molecule has 16 heavy (non-hydrogen) atoms. The van der Waals surface area contributed by atoms with E-state index in [0.29, 0.717) is 6.61 Å². The van der Waals surface area contributed by atoms with Crippen LogP contribution in [0.5, 0.6) is 0 Å². The van der Waals surface area contributed by atoms with E-state index in [9.17, 15) is 4.79 Å². The fourth-order valence-electron chi connectivity index (χ4n) is 1.16. The van der Waals surface area contributed by atoms with E-state index >= 15 is 0 Å². The summed E-state index contributed by atoms with van der Waals surface area (Å²) in [5.74, 6) is -0.200. The molecule has 1 aromatic rings. The van der Waals surface area contributed by atoms with E-state index in [1.54, 1.807) is 25.1 Å². The molecule has 0 radical (unpaired) electrons. The summed E-state index contributed by atoms with van der Waals surface area (Å²) in [7, 11) is 3.29. The Balaban J connectivity index is 2.73. The minimum absolute atomic E-state index is 0.0185. The maximum Gasteiger partial charge on any atom is 0.274 e. The van der Waals surface area contributed by atoms with E-state index < -0.39 is 0 Å². The first-order valence-electron chi connectivity index (χ1n) is 4.81. The molecule has 1 atom stereocenters. The van der Waals surface area contributed by atoms with Crippen molar-refractivity contribution in [2.75, 3.05) is 20.8 Å². The number of likely N-dealkylation sites (N-methyl/N-ethyl adjacent to an activating group) is 1. The van der Waals surface area contributed by atoms with Crippen molar-refractivity contribution in [2.24, 2.45) is 0 Å². The fourth-order valence-corrected chi connectivity index (χ4v) is 1.26. The number of amides is 1. The average molecular weight is 244 g/mol. The zero-order chi connectivity index (χ0) is 12.1. The Bertz CT molecular complexity index is 356. The molecule has 1 aromatic heterocycles. The number of aromatic nitrogens is 2. The van der Waals surface area contributed by atoms with Crippen molar-refractivity contribution in [3.8, 4) is 0 Å². The van der Waals surface area contributed by atoms with Gasteiger partial charge in [-0.2, -0.15) is 0 Å². The van der Waals surface area contributed by atoms with Gasteiger partial charge in [-0.1, -0.05) is 11.6 Å². The molecule has 0 saturated carbocycles. The quantitative estimate of drug-likeness (QED) is 0.798. The predicted molar refractivity (Wildman–Crippen MR) is 60.5 cm³/mol. The maximum absolute atomic E-state index is 11.9. The van der Waals surface area contributed by atoms with Gasteiger partial charge in [-0.15, -0.1) is 10.2 Å². The van der Waals surface area contributed by atoms with Crippen LogP contribution in [0, 0.1) is 0 Å². The van der Waals surface area contributed by atoms with Crippen molar-refractivity contribution in [1.82, 2.24) is 15.1 Å². The van der Waals surface area contributed by atoms with Gasteiger partial charge in [0.15, 0.2) is 10.8 Å². The number of nitrogens with zero attached hydrogens (tertiary/aromatic N) is 3. The molecule has 0 aliphatic carbocycles. The maximum atomic E-state index is 11.9. The predicted octanol–water partition coefficient (Wildman–Crippen LogP) is 1.24. The first-order valence-corrected chi connectivity index (χ1v) is 5.19. The molecule has 1 amide bonds. The summed E-state index contributed by atoms with van der Waals surface area (Å²) in [6, 6.07) is 3.07. The van der Waals surface area contributed by atoms with E-state index in [2.05, 4.69) is 10.2 Å². The lowest BCUT2D eigenvalue weighted by atomic mass is 10.2. The van der Waals surface area contributed by atoms with Crippen molar-refractivity contribution in [2.45, 2.75) is 13.0 Å². The minimum Gasteiger partial charge on any atom is -0.383 e. The number of halogens is 1. The number of carbonyl (C=O) groups is 1. The first-order chi connectivity index (χ1) is 7.56. The molecule has 1 unspecified atom stereocenters. The van der Waals surface area contributed by atoms with Crippen LogP contribution >= 0.6 is 11.6 Å². The molecule has 0 fully saturated rings. The second kappa shape index (κ2) is 5.77. The summed E-state index contributed by atoms with van der Waals surface area (Å²) < 4.78 is 4.98. The molecule has 0 bridgehead atoms. The molecule has 0 saturated heterocycles. The van der Waals surface area contributed by atoms with E-state index in [1.165, 1.54) is 6.07 Å². The van der Waals surface area contributed by atoms with Gasteiger partial charge in [0.25, 0.3) is 5.91 Å². The summed E-state index contributed by atoms with van der Waals surface area (Å²) in [6.45, 7) is 2.37. The van der Waals surface area contributed by atoms with Gasteiger partial charge in [0, 0.05) is 14.2 Å². The molecule has 5 nitrogen and oxygen atoms in total. The van der Waals surface area contributed by atoms with Gasteiger partial charge in [0.2, 0.25) is 0 Å². The van der Waals surface area contributed by atoms with Crippen LogP contribution in [0.2, 0.25) is 5.15 Å². The molecule has 0 N–H and O–H groups in total. The molecule has 6 heteroatoms. The molecule has 0 aliphatic heterocycles. The third kappa shape index (κ3) is 3.15. The molecule has 1 heterocycles. The van der Waals surface area contributed by atoms with Gasteiger partial charge in [-0.05, 0) is 19.1 Å². The number of hydrogen-bond acceptors (Lipinski definition) is 4. The SMILES string of the molecule is COCC(C)N(C)C(=O)c1ccc(Cl)nn1. The Morgan fingerprint density at radius 1 is 1.56 bits per heavy atom. The van der Waals surface area contributed by atoms with Crippen LogP contribution in [0.4, 0.5) is 0 Å². The van der Waals surface area contributed by atoms with Gasteiger partial charge >= 0.3 is 0 Å². The topological polar surface area (TPSA) is 55.3 Å². The molecular formula is C10H14ClN3O2. The minimum atomic E-state index is -0.200. The summed E-state index contributed by atoms with van der Waals surface area (Å²) >= 11 is 5.59. The highest BCUT2D eigenvalue weighted by molar-refractivity contribution is 6.29. The fraction of sp³-hybridized carbons (Fsp3) is 0.500. The van der Waals surface area contributed by atoms with Crippen molar-refractivity contribution in [3.63, 3.8) is 0 Å². The van der Waals surface area contributed by atoms with E-state index in [4.69, 9.17) is 16.3 Å². The van der Waals surface area contributed by atoms with Crippen LogP contribution < -0.4 is 0 Å². The third-order valence-electron chi connectivity index (χ3n) is 2.24. The monoisotopic (exact) mass is 243 g/mol. The van der Waals surface area contributed by atoms with Gasteiger partial charge in [-0.3, -0.25) is 4.79 Å². The Hall–Kier alpha value is -1.20. The Kier molecular flexibility index (Phi) is 4.64. The molecule has 0 aromatic carbocycles. The summed E-state index contributed by atoms with van der Waals surface area (Å²) in [6.07, 6.45) is 0. The molecule has 0 aliphatic rings. The normalized spacial score (nSPS) is 12.2. The van der Waals surface area contributed by atoms with E-state index in [1.807, 2.05) is 6.92 Å². The molecule has 0 spiro atoms. The van der Waals surface area contributed by atoms with Crippen LogP contribution in [0.1, 0.15) is 17.4 Å². The standard InChI is InChI=1S/C10H14ClN3O2/c1-7(6-16-3)14(2)10(15)8-4-5-9(11)13-12-8/h4-5,7H,6H2,1-3H3. The summed E-state index contributed by atoms with van der Waals surface area (Å²) in [5, 5.41) is 7.62. The van der Waals surface area contributed by atoms with Crippen LogP contribution in [-0.2, 0) is 4.74 Å². The van der Waals surface area contributed by atoms with Crippen LogP contribution in [-0.4, -0.2) is 47.8 Å². The van der Waals surface area contributed by atoms with Gasteiger partial charge in [0.1, 0.15) is 0 Å². The van der Waals surface area contributed by atoms with Crippen LogP contribution in [0.25, 0.3) is 0 Å². The van der Waals surface area contributed by atoms with Crippen LogP contribution in [0.15, 0.2) is 12.1 Å². The summed E-state index contributed by atoms with van der Waals surface area (Å²) in [5.41, 5.74) is 0.273. The number of rotatable bonds is 4. The zero-order valence-electron chi connectivity index (χ0n) is 9.48. The Labute approximate surface area is 99.4 Å². The molecule has 1 rings (SSSR count). The smallest absolute Gasteiger partial charge is 0.274 e. The highest BCUT2D eigenvalue weighted by Crippen LogP contribution is 2.06. The second-order valence-electron chi connectivity index (χ2n) is 3.46. The van der Waals surface area contributed by atoms with Crippen molar-refractivity contribution in [3.05, 3.63) is 23.0 Å². The highest BCUT2D eigenvalue weighted by Gasteiger charge is 2.18. The molecular weight excluding hydrogens is 230 g/mol. The van der Waals surface area contributed by atoms with Gasteiger partial charge in [0.05, 0.1) is 12.6 Å². The number of hydrogen-bond donors (Lipinski definition) is 0. The number of ether oxygens (including phenoxy) is 1. The lowest BCUT2D eigenvalue weighted by Gasteiger charge is -2.23. The van der Waals surface area contributed by atoms with Crippen LogP contribution in [0.3, 0.4) is 0 Å². The van der Waals surface area contributed by atoms with Gasteiger partial charge < -0.3 is 9.64 Å².